The molecule has 0 amide bonds. The van der Waals surface area contributed by atoms with Gasteiger partial charge in [-0.2, -0.15) is 0 Å². The van der Waals surface area contributed by atoms with Crippen molar-refractivity contribution in [1.82, 2.24) is 9.97 Å². The number of H-pyrrole nitrogens is 1. The van der Waals surface area contributed by atoms with Crippen LogP contribution in [0, 0.1) is 0 Å². The van der Waals surface area contributed by atoms with Crippen LogP contribution < -0.4 is 5.32 Å². The maximum absolute atomic E-state index is 4.73. The summed E-state index contributed by atoms with van der Waals surface area (Å²) < 4.78 is 0. The zero-order valence-corrected chi connectivity index (χ0v) is 10.1. The fourth-order valence-electron chi connectivity index (χ4n) is 2.49. The molecule has 0 unspecified atom stereocenters. The van der Waals surface area contributed by atoms with Gasteiger partial charge in [0, 0.05) is 24.0 Å². The van der Waals surface area contributed by atoms with Gasteiger partial charge in [0.15, 0.2) is 0 Å². The highest BCUT2D eigenvalue weighted by Crippen LogP contribution is 2.28. The summed E-state index contributed by atoms with van der Waals surface area (Å²) >= 11 is 0. The number of para-hydroxylation sites is 1. The number of aromatic nitrogens is 2. The molecular formula is C14H17N3. The first-order chi connectivity index (χ1) is 8.38. The van der Waals surface area contributed by atoms with Crippen molar-refractivity contribution in [3.63, 3.8) is 0 Å². The van der Waals surface area contributed by atoms with Gasteiger partial charge in [0.05, 0.1) is 5.69 Å². The SMILES string of the molecule is CNc1ccccc1-c1nc2c([nH]1)CCCC2. The maximum atomic E-state index is 4.73. The quantitative estimate of drug-likeness (QED) is 0.828. The smallest absolute Gasteiger partial charge is 0.139 e. The summed E-state index contributed by atoms with van der Waals surface area (Å²) in [5.41, 5.74) is 4.87. The molecule has 0 spiro atoms. The zero-order valence-electron chi connectivity index (χ0n) is 10.1. The van der Waals surface area contributed by atoms with Gasteiger partial charge in [-0.1, -0.05) is 12.1 Å². The molecule has 0 fully saturated rings. The number of benzene rings is 1. The van der Waals surface area contributed by atoms with E-state index in [1.54, 1.807) is 0 Å². The minimum absolute atomic E-state index is 1.00. The Morgan fingerprint density at radius 1 is 1.18 bits per heavy atom. The van der Waals surface area contributed by atoms with Crippen LogP contribution in [0.25, 0.3) is 11.4 Å². The van der Waals surface area contributed by atoms with Gasteiger partial charge in [-0.25, -0.2) is 4.98 Å². The molecule has 0 atom stereocenters. The third-order valence-electron chi connectivity index (χ3n) is 3.41. The summed E-state index contributed by atoms with van der Waals surface area (Å²) in [6.45, 7) is 0. The van der Waals surface area contributed by atoms with E-state index >= 15 is 0 Å². The molecule has 1 heterocycles. The van der Waals surface area contributed by atoms with Crippen molar-refractivity contribution in [1.29, 1.82) is 0 Å². The van der Waals surface area contributed by atoms with Crippen LogP contribution in [-0.4, -0.2) is 17.0 Å². The van der Waals surface area contributed by atoms with Crippen LogP contribution in [0.3, 0.4) is 0 Å². The fourth-order valence-corrected chi connectivity index (χ4v) is 2.49. The van der Waals surface area contributed by atoms with Crippen LogP contribution in [0.2, 0.25) is 0 Å². The fraction of sp³-hybridized carbons (Fsp3) is 0.357. The van der Waals surface area contributed by atoms with Crippen LogP contribution >= 0.6 is 0 Å². The van der Waals surface area contributed by atoms with E-state index in [4.69, 9.17) is 4.98 Å². The number of rotatable bonds is 2. The molecule has 0 saturated heterocycles. The molecule has 3 nitrogen and oxygen atoms in total. The third kappa shape index (κ3) is 1.82. The lowest BCUT2D eigenvalue weighted by Gasteiger charge is -2.07. The van der Waals surface area contributed by atoms with E-state index in [9.17, 15) is 0 Å². The highest BCUT2D eigenvalue weighted by atomic mass is 15.0. The van der Waals surface area contributed by atoms with Gasteiger partial charge in [0.1, 0.15) is 5.82 Å². The molecule has 0 saturated carbocycles. The van der Waals surface area contributed by atoms with Crippen LogP contribution in [0.15, 0.2) is 24.3 Å². The summed E-state index contributed by atoms with van der Waals surface area (Å²) in [5.74, 6) is 1.00. The van der Waals surface area contributed by atoms with Crippen molar-refractivity contribution in [2.75, 3.05) is 12.4 Å². The zero-order chi connectivity index (χ0) is 11.7. The average molecular weight is 227 g/mol. The number of nitrogens with one attached hydrogen (secondary N) is 2. The lowest BCUT2D eigenvalue weighted by molar-refractivity contribution is 0.667. The number of hydrogen-bond acceptors (Lipinski definition) is 2. The lowest BCUT2D eigenvalue weighted by atomic mass is 10.0. The van der Waals surface area contributed by atoms with Gasteiger partial charge in [0.2, 0.25) is 0 Å². The molecule has 0 aliphatic heterocycles. The highest BCUT2D eigenvalue weighted by molar-refractivity contribution is 5.73. The maximum Gasteiger partial charge on any atom is 0.139 e. The molecule has 3 heteroatoms. The van der Waals surface area contributed by atoms with Crippen LogP contribution in [0.5, 0.6) is 0 Å². The molecule has 1 aromatic carbocycles. The lowest BCUT2D eigenvalue weighted by Crippen LogP contribution is -2.00. The normalized spacial score (nSPS) is 14.4. The second-order valence-corrected chi connectivity index (χ2v) is 4.51. The van der Waals surface area contributed by atoms with Gasteiger partial charge < -0.3 is 10.3 Å². The van der Waals surface area contributed by atoms with Crippen molar-refractivity contribution in [3.05, 3.63) is 35.7 Å². The van der Waals surface area contributed by atoms with Gasteiger partial charge in [-0.05, 0) is 37.8 Å². The van der Waals surface area contributed by atoms with Gasteiger partial charge in [0.25, 0.3) is 0 Å². The Hall–Kier alpha value is -1.77. The number of imidazole rings is 1. The number of fused-ring (bicyclic) bond motifs is 1. The summed E-state index contributed by atoms with van der Waals surface area (Å²) in [6, 6.07) is 8.28. The van der Waals surface area contributed by atoms with Gasteiger partial charge in [-0.15, -0.1) is 0 Å². The Morgan fingerprint density at radius 2 is 2.00 bits per heavy atom. The Labute approximate surface area is 101 Å². The first-order valence-corrected chi connectivity index (χ1v) is 6.23. The summed E-state index contributed by atoms with van der Waals surface area (Å²) in [5, 5.41) is 3.21. The second-order valence-electron chi connectivity index (χ2n) is 4.51. The number of anilines is 1. The summed E-state index contributed by atoms with van der Waals surface area (Å²) in [4.78, 5) is 8.21. The van der Waals surface area contributed by atoms with Crippen molar-refractivity contribution >= 4 is 5.69 Å². The molecule has 0 radical (unpaired) electrons. The van der Waals surface area contributed by atoms with Crippen LogP contribution in [0.4, 0.5) is 5.69 Å². The predicted molar refractivity (Wildman–Crippen MR) is 70.2 cm³/mol. The monoisotopic (exact) mass is 227 g/mol. The van der Waals surface area contributed by atoms with Crippen molar-refractivity contribution < 1.29 is 0 Å². The number of aromatic amines is 1. The Morgan fingerprint density at radius 3 is 2.82 bits per heavy atom. The van der Waals surface area contributed by atoms with Crippen molar-refractivity contribution in [2.24, 2.45) is 0 Å². The van der Waals surface area contributed by atoms with E-state index in [-0.39, 0.29) is 0 Å². The van der Waals surface area contributed by atoms with E-state index in [1.807, 2.05) is 13.1 Å². The minimum Gasteiger partial charge on any atom is -0.388 e. The standard InChI is InChI=1S/C14H17N3/c1-15-11-7-3-2-6-10(11)14-16-12-8-4-5-9-13(12)17-14/h2-3,6-7,15H,4-5,8-9H2,1H3,(H,16,17). The van der Waals surface area contributed by atoms with Crippen molar-refractivity contribution in [2.45, 2.75) is 25.7 Å². The Balaban J connectivity index is 2.06. The van der Waals surface area contributed by atoms with E-state index in [0.717, 1.165) is 29.9 Å². The molecule has 88 valence electrons. The number of aryl methyl sites for hydroxylation is 2. The molecule has 1 aliphatic rings. The first-order valence-electron chi connectivity index (χ1n) is 6.23. The third-order valence-corrected chi connectivity index (χ3v) is 3.41. The average Bonchev–Trinajstić information content (AvgIpc) is 2.82. The molecule has 1 aliphatic carbocycles. The minimum atomic E-state index is 1.00. The van der Waals surface area contributed by atoms with E-state index in [0.29, 0.717) is 0 Å². The summed E-state index contributed by atoms with van der Waals surface area (Å²) in [7, 11) is 1.95. The Bertz CT molecular complexity index is 505. The molecule has 2 N–H and O–H groups in total. The van der Waals surface area contributed by atoms with Crippen LogP contribution in [0.1, 0.15) is 24.2 Å². The highest BCUT2D eigenvalue weighted by Gasteiger charge is 2.16. The molecule has 3 rings (SSSR count). The molecular weight excluding hydrogens is 210 g/mol. The molecule has 1 aromatic heterocycles. The van der Waals surface area contributed by atoms with Crippen molar-refractivity contribution in [3.8, 4) is 11.4 Å². The van der Waals surface area contributed by atoms with Gasteiger partial charge >= 0.3 is 0 Å². The Kier molecular flexibility index (Phi) is 2.59. The van der Waals surface area contributed by atoms with Gasteiger partial charge in [-0.3, -0.25) is 0 Å². The predicted octanol–water partition coefficient (Wildman–Crippen LogP) is 3.00. The van der Waals surface area contributed by atoms with E-state index < -0.39 is 0 Å². The number of nitrogens with zero attached hydrogens (tertiary/aromatic N) is 1. The van der Waals surface area contributed by atoms with Crippen LogP contribution in [-0.2, 0) is 12.8 Å². The second kappa shape index (κ2) is 4.24. The summed E-state index contributed by atoms with van der Waals surface area (Å²) in [6.07, 6.45) is 4.81. The van der Waals surface area contributed by atoms with E-state index in [1.165, 1.54) is 24.2 Å². The van der Waals surface area contributed by atoms with E-state index in [2.05, 4.69) is 28.5 Å². The first kappa shape index (κ1) is 10.4. The largest absolute Gasteiger partial charge is 0.388 e. The molecule has 0 bridgehead atoms. The molecule has 2 aromatic rings. The topological polar surface area (TPSA) is 40.7 Å². The number of hydrogen-bond donors (Lipinski definition) is 2. The molecule has 17 heavy (non-hydrogen) atoms.